The highest BCUT2D eigenvalue weighted by molar-refractivity contribution is 7.99. The van der Waals surface area contributed by atoms with Crippen LogP contribution in [0.4, 0.5) is 0 Å². The van der Waals surface area contributed by atoms with Gasteiger partial charge in [-0.05, 0) is 24.1 Å². The van der Waals surface area contributed by atoms with E-state index in [1.54, 1.807) is 7.11 Å². The first-order valence-corrected chi connectivity index (χ1v) is 6.72. The fourth-order valence-electron chi connectivity index (χ4n) is 1.55. The van der Waals surface area contributed by atoms with Crippen molar-refractivity contribution in [2.45, 2.75) is 11.6 Å². The third-order valence-corrected chi connectivity index (χ3v) is 3.37. The van der Waals surface area contributed by atoms with E-state index in [2.05, 4.69) is 9.97 Å². The van der Waals surface area contributed by atoms with Crippen LogP contribution in [0.1, 0.15) is 5.56 Å². The molecule has 0 saturated heterocycles. The number of aromatic hydroxyl groups is 1. The molecule has 0 amide bonds. The number of nitrogens with one attached hydrogen (secondary N) is 1. The topological polar surface area (TPSA) is 75.2 Å². The van der Waals surface area contributed by atoms with Crippen LogP contribution in [0.15, 0.2) is 40.3 Å². The Kier molecular flexibility index (Phi) is 4.46. The predicted octanol–water partition coefficient (Wildman–Crippen LogP) is 1.82. The zero-order valence-corrected chi connectivity index (χ0v) is 11.2. The third-order valence-electron chi connectivity index (χ3n) is 2.49. The number of H-pyrrole nitrogens is 1. The zero-order chi connectivity index (χ0) is 13.7. The number of aromatic nitrogens is 2. The van der Waals surface area contributed by atoms with Gasteiger partial charge in [-0.1, -0.05) is 23.9 Å². The second-order valence-electron chi connectivity index (χ2n) is 3.86. The molecule has 2 N–H and O–H groups in total. The molecule has 0 saturated carbocycles. The Labute approximate surface area is 114 Å². The molecular weight excluding hydrogens is 264 g/mol. The van der Waals surface area contributed by atoms with Gasteiger partial charge in [0.25, 0.3) is 5.56 Å². The molecule has 0 unspecified atom stereocenters. The largest absolute Gasteiger partial charge is 0.497 e. The van der Waals surface area contributed by atoms with Gasteiger partial charge in [-0.3, -0.25) is 4.79 Å². The van der Waals surface area contributed by atoms with Gasteiger partial charge >= 0.3 is 0 Å². The average molecular weight is 278 g/mol. The maximum absolute atomic E-state index is 11.1. The van der Waals surface area contributed by atoms with Crippen molar-refractivity contribution in [1.29, 1.82) is 0 Å². The van der Waals surface area contributed by atoms with Crippen LogP contribution in [-0.2, 0) is 6.42 Å². The van der Waals surface area contributed by atoms with Gasteiger partial charge in [-0.25, -0.2) is 0 Å². The summed E-state index contributed by atoms with van der Waals surface area (Å²) >= 11 is 1.40. The van der Waals surface area contributed by atoms with Crippen LogP contribution < -0.4 is 10.3 Å². The van der Waals surface area contributed by atoms with Crippen molar-refractivity contribution in [2.75, 3.05) is 12.9 Å². The van der Waals surface area contributed by atoms with E-state index in [1.807, 2.05) is 24.3 Å². The number of thioether (sulfide) groups is 1. The first kappa shape index (κ1) is 13.5. The van der Waals surface area contributed by atoms with E-state index in [4.69, 9.17) is 4.74 Å². The lowest BCUT2D eigenvalue weighted by molar-refractivity contribution is 0.414. The Morgan fingerprint density at radius 2 is 2.11 bits per heavy atom. The normalized spacial score (nSPS) is 10.4. The van der Waals surface area contributed by atoms with E-state index in [-0.39, 0.29) is 11.4 Å². The summed E-state index contributed by atoms with van der Waals surface area (Å²) in [7, 11) is 1.63. The first-order chi connectivity index (χ1) is 9.17. The van der Waals surface area contributed by atoms with Crippen LogP contribution in [0, 0.1) is 0 Å². The molecule has 6 heteroatoms. The SMILES string of the molecule is COc1ccc(CCSc2nc(O)cc(=O)[nH]2)cc1. The number of methoxy groups -OCH3 is 1. The number of nitrogens with zero attached hydrogens (tertiary/aromatic N) is 1. The number of ether oxygens (including phenoxy) is 1. The molecule has 2 rings (SSSR count). The van der Waals surface area contributed by atoms with Gasteiger partial charge < -0.3 is 14.8 Å². The second-order valence-corrected chi connectivity index (χ2v) is 4.94. The molecule has 19 heavy (non-hydrogen) atoms. The maximum atomic E-state index is 11.1. The Morgan fingerprint density at radius 3 is 2.74 bits per heavy atom. The summed E-state index contributed by atoms with van der Waals surface area (Å²) in [5, 5.41) is 9.64. The summed E-state index contributed by atoms with van der Waals surface area (Å²) in [5.74, 6) is 1.34. The average Bonchev–Trinajstić information content (AvgIpc) is 2.38. The van der Waals surface area contributed by atoms with Gasteiger partial charge in [-0.15, -0.1) is 0 Å². The van der Waals surface area contributed by atoms with E-state index in [9.17, 15) is 9.90 Å². The Balaban J connectivity index is 1.90. The zero-order valence-electron chi connectivity index (χ0n) is 10.4. The van der Waals surface area contributed by atoms with Crippen molar-refractivity contribution in [2.24, 2.45) is 0 Å². The lowest BCUT2D eigenvalue weighted by atomic mass is 10.2. The van der Waals surface area contributed by atoms with Gasteiger partial charge in [0.05, 0.1) is 13.2 Å². The lowest BCUT2D eigenvalue weighted by Crippen LogP contribution is -2.06. The van der Waals surface area contributed by atoms with E-state index < -0.39 is 0 Å². The van der Waals surface area contributed by atoms with Gasteiger partial charge in [0, 0.05) is 5.75 Å². The molecule has 0 spiro atoms. The van der Waals surface area contributed by atoms with Crippen LogP contribution in [-0.4, -0.2) is 27.9 Å². The lowest BCUT2D eigenvalue weighted by Gasteiger charge is -2.03. The number of hydrogen-bond donors (Lipinski definition) is 2. The van der Waals surface area contributed by atoms with Crippen LogP contribution in [0.25, 0.3) is 0 Å². The van der Waals surface area contributed by atoms with Crippen LogP contribution >= 0.6 is 11.8 Å². The molecule has 0 radical (unpaired) electrons. The summed E-state index contributed by atoms with van der Waals surface area (Å²) in [6, 6.07) is 8.87. The summed E-state index contributed by atoms with van der Waals surface area (Å²) in [5.41, 5.74) is 0.829. The minimum atomic E-state index is -0.348. The fraction of sp³-hybridized carbons (Fsp3) is 0.231. The molecule has 1 heterocycles. The standard InChI is InChI=1S/C13H14N2O3S/c1-18-10-4-2-9(3-5-10)6-7-19-13-14-11(16)8-12(17)15-13/h2-5,8H,6-7H2,1H3,(H2,14,15,16,17). The predicted molar refractivity (Wildman–Crippen MR) is 73.9 cm³/mol. The Morgan fingerprint density at radius 1 is 1.37 bits per heavy atom. The highest BCUT2D eigenvalue weighted by atomic mass is 32.2. The fourth-order valence-corrected chi connectivity index (χ4v) is 2.41. The minimum absolute atomic E-state index is 0.254. The molecular formula is C13H14N2O3S. The first-order valence-electron chi connectivity index (χ1n) is 5.73. The van der Waals surface area contributed by atoms with E-state index in [0.717, 1.165) is 24.0 Å². The van der Waals surface area contributed by atoms with Crippen molar-refractivity contribution in [3.05, 3.63) is 46.2 Å². The molecule has 1 aromatic carbocycles. The monoisotopic (exact) mass is 278 g/mol. The van der Waals surface area contributed by atoms with Crippen molar-refractivity contribution in [1.82, 2.24) is 9.97 Å². The molecule has 2 aromatic rings. The molecule has 0 aliphatic rings. The van der Waals surface area contributed by atoms with Gasteiger partial charge in [-0.2, -0.15) is 4.98 Å². The van der Waals surface area contributed by atoms with Crippen molar-refractivity contribution in [3.63, 3.8) is 0 Å². The molecule has 0 bridgehead atoms. The summed E-state index contributed by atoms with van der Waals surface area (Å²) < 4.78 is 5.09. The van der Waals surface area contributed by atoms with E-state index in [1.165, 1.54) is 17.3 Å². The number of aromatic amines is 1. The third kappa shape index (κ3) is 4.03. The molecule has 0 aliphatic heterocycles. The number of hydrogen-bond acceptors (Lipinski definition) is 5. The van der Waals surface area contributed by atoms with Crippen molar-refractivity contribution < 1.29 is 9.84 Å². The molecule has 0 aliphatic carbocycles. The van der Waals surface area contributed by atoms with E-state index in [0.29, 0.717) is 5.16 Å². The van der Waals surface area contributed by atoms with Gasteiger partial charge in [0.2, 0.25) is 5.88 Å². The van der Waals surface area contributed by atoms with Crippen LogP contribution in [0.3, 0.4) is 0 Å². The van der Waals surface area contributed by atoms with Crippen LogP contribution in [0.2, 0.25) is 0 Å². The summed E-state index contributed by atoms with van der Waals surface area (Å²) in [6.07, 6.45) is 0.841. The van der Waals surface area contributed by atoms with E-state index >= 15 is 0 Å². The van der Waals surface area contributed by atoms with Crippen LogP contribution in [0.5, 0.6) is 11.6 Å². The van der Waals surface area contributed by atoms with Crippen molar-refractivity contribution in [3.8, 4) is 11.6 Å². The minimum Gasteiger partial charge on any atom is -0.497 e. The smallest absolute Gasteiger partial charge is 0.255 e. The highest BCUT2D eigenvalue weighted by Crippen LogP contribution is 2.17. The number of rotatable bonds is 5. The molecule has 0 fully saturated rings. The summed E-state index contributed by atoms with van der Waals surface area (Å²) in [6.45, 7) is 0. The molecule has 0 atom stereocenters. The van der Waals surface area contributed by atoms with Gasteiger partial charge in [0.1, 0.15) is 5.75 Å². The van der Waals surface area contributed by atoms with Crippen molar-refractivity contribution >= 4 is 11.8 Å². The molecule has 5 nitrogen and oxygen atoms in total. The second kappa shape index (κ2) is 6.29. The Bertz CT molecular complexity index is 596. The Hall–Kier alpha value is -1.95. The number of benzene rings is 1. The maximum Gasteiger partial charge on any atom is 0.255 e. The number of aryl methyl sites for hydroxylation is 1. The highest BCUT2D eigenvalue weighted by Gasteiger charge is 2.01. The molecule has 100 valence electrons. The van der Waals surface area contributed by atoms with Gasteiger partial charge in [0.15, 0.2) is 5.16 Å². The molecule has 1 aromatic heterocycles. The summed E-state index contributed by atoms with van der Waals surface area (Å²) in [4.78, 5) is 17.5. The quantitative estimate of drug-likeness (QED) is 0.644.